The van der Waals surface area contributed by atoms with Gasteiger partial charge < -0.3 is 19.0 Å². The van der Waals surface area contributed by atoms with Gasteiger partial charge in [0.2, 0.25) is 5.89 Å². The first-order valence-corrected chi connectivity index (χ1v) is 12.5. The first-order valence-electron chi connectivity index (χ1n) is 12.1. The zero-order chi connectivity index (χ0) is 26.6. The van der Waals surface area contributed by atoms with Crippen molar-refractivity contribution in [2.45, 2.75) is 37.5 Å². The molecule has 200 valence electrons. The predicted octanol–water partition coefficient (Wildman–Crippen LogP) is 4.54. The normalized spacial score (nSPS) is 21.4. The van der Waals surface area contributed by atoms with E-state index in [1.807, 2.05) is 0 Å². The van der Waals surface area contributed by atoms with E-state index in [9.17, 15) is 17.6 Å². The van der Waals surface area contributed by atoms with Gasteiger partial charge in [-0.05, 0) is 42.9 Å². The van der Waals surface area contributed by atoms with Crippen LogP contribution in [0.1, 0.15) is 24.3 Å². The predicted molar refractivity (Wildman–Crippen MR) is 130 cm³/mol. The molecule has 38 heavy (non-hydrogen) atoms. The van der Waals surface area contributed by atoms with Crippen molar-refractivity contribution in [3.05, 3.63) is 65.3 Å². The van der Waals surface area contributed by atoms with Crippen molar-refractivity contribution in [3.63, 3.8) is 0 Å². The Hall–Kier alpha value is -3.16. The number of hydrogen-bond acceptors (Lipinski definition) is 6. The molecule has 1 aromatic heterocycles. The molecule has 3 saturated heterocycles. The zero-order valence-electron chi connectivity index (χ0n) is 19.9. The number of hydrogen-bond donors (Lipinski definition) is 0. The molecule has 2 bridgehead atoms. The number of likely N-dealkylation sites (tertiary alicyclic amines) is 2. The van der Waals surface area contributed by atoms with Gasteiger partial charge in [-0.2, -0.15) is 8.78 Å². The Labute approximate surface area is 219 Å². The number of piperazine rings is 1. The molecule has 2 aromatic carbocycles. The molecule has 2 atom stereocenters. The molecular weight excluding hydrogens is 529 g/mol. The number of benzene rings is 2. The fourth-order valence-corrected chi connectivity index (χ4v) is 5.68. The highest BCUT2D eigenvalue weighted by atomic mass is 32.1. The number of halogens is 5. The fourth-order valence-electron chi connectivity index (χ4n) is 5.29. The molecule has 7 nitrogen and oxygen atoms in total. The lowest BCUT2D eigenvalue weighted by Crippen LogP contribution is -2.59. The zero-order valence-corrected chi connectivity index (χ0v) is 20.7. The largest absolute Gasteiger partial charge is 0.415 e. The van der Waals surface area contributed by atoms with Gasteiger partial charge in [0.05, 0.1) is 25.8 Å². The maximum Gasteiger partial charge on any atom is 0.314 e. The summed E-state index contributed by atoms with van der Waals surface area (Å²) in [6.45, 7) is 2.85. The minimum absolute atomic E-state index is 0.0732. The molecule has 4 heterocycles. The van der Waals surface area contributed by atoms with Crippen molar-refractivity contribution in [3.8, 4) is 11.5 Å². The summed E-state index contributed by atoms with van der Waals surface area (Å²) in [5, 5.41) is 7.19. The van der Waals surface area contributed by atoms with Gasteiger partial charge in [0.25, 0.3) is 5.89 Å². The first kappa shape index (κ1) is 25.1. The van der Waals surface area contributed by atoms with Crippen LogP contribution in [0.2, 0.25) is 0 Å². The van der Waals surface area contributed by atoms with E-state index in [1.54, 1.807) is 4.90 Å². The SMILES string of the molecule is Fc1ccc(N(Cc2ccc(-c3nnc(C(F)F)o3)cc2F)C(=S)N2CC3CC2CN3C2COC2)cc1F. The molecule has 6 rings (SSSR count). The monoisotopic (exact) mass is 551 g/mol. The highest BCUT2D eigenvalue weighted by Crippen LogP contribution is 2.36. The van der Waals surface area contributed by atoms with Crippen LogP contribution >= 0.6 is 12.2 Å². The van der Waals surface area contributed by atoms with Crippen LogP contribution in [0.25, 0.3) is 11.5 Å². The van der Waals surface area contributed by atoms with Crippen molar-refractivity contribution in [2.24, 2.45) is 0 Å². The van der Waals surface area contributed by atoms with Crippen LogP contribution in [-0.2, 0) is 11.3 Å². The van der Waals surface area contributed by atoms with E-state index >= 15 is 4.39 Å². The number of anilines is 1. The molecule has 3 aliphatic rings. The summed E-state index contributed by atoms with van der Waals surface area (Å²) < 4.78 is 79.0. The smallest absolute Gasteiger partial charge is 0.314 e. The van der Waals surface area contributed by atoms with E-state index in [0.717, 1.165) is 44.4 Å². The molecule has 3 aliphatic heterocycles. The Morgan fingerprint density at radius 3 is 2.39 bits per heavy atom. The number of fused-ring (bicyclic) bond motifs is 2. The van der Waals surface area contributed by atoms with Gasteiger partial charge in [-0.15, -0.1) is 10.2 Å². The third-order valence-electron chi connectivity index (χ3n) is 7.32. The van der Waals surface area contributed by atoms with Crippen molar-refractivity contribution < 1.29 is 31.1 Å². The van der Waals surface area contributed by atoms with Crippen LogP contribution in [0.5, 0.6) is 0 Å². The third-order valence-corrected chi connectivity index (χ3v) is 7.77. The summed E-state index contributed by atoms with van der Waals surface area (Å²) >= 11 is 5.84. The second-order valence-electron chi connectivity index (χ2n) is 9.60. The molecule has 3 aromatic rings. The molecule has 0 radical (unpaired) electrons. The summed E-state index contributed by atoms with van der Waals surface area (Å²) in [6.07, 6.45) is -2.02. The molecule has 0 saturated carbocycles. The van der Waals surface area contributed by atoms with Crippen molar-refractivity contribution in [1.29, 1.82) is 0 Å². The minimum atomic E-state index is -2.94. The second-order valence-corrected chi connectivity index (χ2v) is 9.97. The van der Waals surface area contributed by atoms with Crippen LogP contribution < -0.4 is 4.90 Å². The lowest BCUT2D eigenvalue weighted by atomic mass is 10.1. The summed E-state index contributed by atoms with van der Waals surface area (Å²) in [5.41, 5.74) is 0.611. The lowest BCUT2D eigenvalue weighted by Gasteiger charge is -2.44. The highest BCUT2D eigenvalue weighted by Gasteiger charge is 2.48. The quantitative estimate of drug-likeness (QED) is 0.327. The van der Waals surface area contributed by atoms with Gasteiger partial charge >= 0.3 is 6.43 Å². The van der Waals surface area contributed by atoms with Crippen LogP contribution in [0.4, 0.5) is 27.6 Å². The van der Waals surface area contributed by atoms with Crippen molar-refractivity contribution in [1.82, 2.24) is 20.0 Å². The van der Waals surface area contributed by atoms with Gasteiger partial charge in [-0.25, -0.2) is 13.2 Å². The fraction of sp³-hybridized carbons (Fsp3) is 0.400. The molecule has 13 heteroatoms. The van der Waals surface area contributed by atoms with E-state index in [2.05, 4.69) is 20.0 Å². The van der Waals surface area contributed by atoms with Gasteiger partial charge in [-0.3, -0.25) is 4.90 Å². The summed E-state index contributed by atoms with van der Waals surface area (Å²) in [7, 11) is 0. The second kappa shape index (κ2) is 9.86. The maximum absolute atomic E-state index is 15.2. The van der Waals surface area contributed by atoms with Crippen molar-refractivity contribution >= 4 is 23.0 Å². The van der Waals surface area contributed by atoms with Crippen molar-refractivity contribution in [2.75, 3.05) is 31.2 Å². The van der Waals surface area contributed by atoms with Crippen LogP contribution in [-0.4, -0.2) is 69.5 Å². The van der Waals surface area contributed by atoms with Crippen LogP contribution in [0.15, 0.2) is 40.8 Å². The van der Waals surface area contributed by atoms with E-state index < -0.39 is 29.8 Å². The Balaban J connectivity index is 1.26. The van der Waals surface area contributed by atoms with E-state index in [4.69, 9.17) is 21.4 Å². The van der Waals surface area contributed by atoms with E-state index in [1.165, 1.54) is 18.2 Å². The standard InChI is InChI=1S/C25H22F5N5O2S/c26-19-4-3-15(7-21(19)28)34(25(38)35-10-16-6-17(35)9-33(16)18-11-36-12-18)8-14-2-1-13(5-20(14)27)23-31-32-24(37-23)22(29)30/h1-5,7,16-18,22H,6,8-12H2. The van der Waals surface area contributed by atoms with Gasteiger partial charge in [0, 0.05) is 48.1 Å². The topological polar surface area (TPSA) is 57.9 Å². The molecular formula is C25H22F5N5O2S. The number of alkyl halides is 2. The molecule has 0 aliphatic carbocycles. The van der Waals surface area contributed by atoms with Gasteiger partial charge in [-0.1, -0.05) is 6.07 Å². The highest BCUT2D eigenvalue weighted by molar-refractivity contribution is 7.80. The Morgan fingerprint density at radius 1 is 0.974 bits per heavy atom. The molecule has 0 N–H and O–H groups in total. The number of thiocarbonyl (C=S) groups is 1. The average Bonchev–Trinajstić information content (AvgIpc) is 3.60. The molecule has 3 fully saturated rings. The molecule has 2 unspecified atom stereocenters. The van der Waals surface area contributed by atoms with E-state index in [0.29, 0.717) is 23.7 Å². The number of aromatic nitrogens is 2. The lowest BCUT2D eigenvalue weighted by molar-refractivity contribution is -0.0765. The summed E-state index contributed by atoms with van der Waals surface area (Å²) in [6, 6.07) is 8.30. The molecule has 0 amide bonds. The summed E-state index contributed by atoms with van der Waals surface area (Å²) in [4.78, 5) is 6.08. The Kier molecular flexibility index (Phi) is 6.52. The minimum Gasteiger partial charge on any atom is -0.415 e. The van der Waals surface area contributed by atoms with Gasteiger partial charge in [0.1, 0.15) is 5.82 Å². The summed E-state index contributed by atoms with van der Waals surface area (Å²) in [5.74, 6) is -3.82. The van der Waals surface area contributed by atoms with Crippen LogP contribution in [0.3, 0.4) is 0 Å². The van der Waals surface area contributed by atoms with E-state index in [-0.39, 0.29) is 35.3 Å². The Morgan fingerprint density at radius 2 is 1.79 bits per heavy atom. The van der Waals surface area contributed by atoms with Gasteiger partial charge in [0.15, 0.2) is 16.7 Å². The number of ether oxygens (including phenoxy) is 1. The molecule has 0 spiro atoms. The third kappa shape index (κ3) is 4.52. The van der Waals surface area contributed by atoms with Crippen LogP contribution in [0, 0.1) is 17.5 Å². The number of nitrogens with zero attached hydrogens (tertiary/aromatic N) is 5. The Bertz CT molecular complexity index is 1370. The first-order chi connectivity index (χ1) is 18.3. The number of rotatable bonds is 6. The maximum atomic E-state index is 15.2. The average molecular weight is 552 g/mol.